The smallest absolute Gasteiger partial charge is 0.253 e. The van der Waals surface area contributed by atoms with E-state index in [-0.39, 0.29) is 18.3 Å². The summed E-state index contributed by atoms with van der Waals surface area (Å²) in [7, 11) is 0. The lowest BCUT2D eigenvalue weighted by Gasteiger charge is -2.32. The zero-order valence-electron chi connectivity index (χ0n) is 17.1. The number of nitrogens with one attached hydrogen (secondary N) is 1. The molecule has 0 bridgehead atoms. The second-order valence-electron chi connectivity index (χ2n) is 8.19. The van der Waals surface area contributed by atoms with Crippen molar-refractivity contribution in [2.75, 3.05) is 26.2 Å². The standard InChI is InChI=1S/C24H30N2OS.ClH/c1-18-4-2-7-23(14-18)28-22-9-12-26(13-10-22)24(27)21-6-3-5-19(16-21)15-20-8-11-25-17-20;/h2-7,14,16,20,22,25H,8-13,15,17H2,1H3;1H. The number of carbonyl (C=O) groups is 1. The molecule has 2 aliphatic heterocycles. The molecule has 2 aromatic carbocycles. The molecule has 0 spiro atoms. The molecule has 0 radical (unpaired) electrons. The number of aryl methyl sites for hydroxylation is 1. The number of amides is 1. The maximum atomic E-state index is 13.0. The van der Waals surface area contributed by atoms with Crippen LogP contribution in [0, 0.1) is 12.8 Å². The summed E-state index contributed by atoms with van der Waals surface area (Å²) in [6.45, 7) is 6.09. The summed E-state index contributed by atoms with van der Waals surface area (Å²) >= 11 is 1.96. The first-order valence-corrected chi connectivity index (χ1v) is 11.4. The average molecular weight is 431 g/mol. The van der Waals surface area contributed by atoms with E-state index in [2.05, 4.69) is 48.6 Å². The van der Waals surface area contributed by atoms with E-state index in [1.54, 1.807) is 0 Å². The number of thioether (sulfide) groups is 1. The second-order valence-corrected chi connectivity index (χ2v) is 9.56. The summed E-state index contributed by atoms with van der Waals surface area (Å²) < 4.78 is 0. The molecule has 3 nitrogen and oxygen atoms in total. The van der Waals surface area contributed by atoms with Crippen LogP contribution < -0.4 is 5.32 Å². The van der Waals surface area contributed by atoms with Gasteiger partial charge in [0, 0.05) is 28.8 Å². The topological polar surface area (TPSA) is 32.3 Å². The van der Waals surface area contributed by atoms with Gasteiger partial charge in [0.1, 0.15) is 0 Å². The van der Waals surface area contributed by atoms with Crippen LogP contribution in [-0.2, 0) is 6.42 Å². The van der Waals surface area contributed by atoms with E-state index >= 15 is 0 Å². The highest BCUT2D eigenvalue weighted by Gasteiger charge is 2.24. The average Bonchev–Trinajstić information content (AvgIpc) is 3.21. The highest BCUT2D eigenvalue weighted by atomic mass is 35.5. The highest BCUT2D eigenvalue weighted by Crippen LogP contribution is 2.31. The minimum Gasteiger partial charge on any atom is -0.339 e. The van der Waals surface area contributed by atoms with Gasteiger partial charge in [-0.25, -0.2) is 0 Å². The van der Waals surface area contributed by atoms with Gasteiger partial charge in [0.15, 0.2) is 0 Å². The Bertz CT molecular complexity index is 814. The van der Waals surface area contributed by atoms with Gasteiger partial charge in [-0.2, -0.15) is 0 Å². The van der Waals surface area contributed by atoms with E-state index in [0.717, 1.165) is 51.0 Å². The molecule has 1 amide bonds. The van der Waals surface area contributed by atoms with Crippen LogP contribution in [0.1, 0.15) is 40.7 Å². The van der Waals surface area contributed by atoms with E-state index in [0.29, 0.717) is 11.2 Å². The lowest BCUT2D eigenvalue weighted by molar-refractivity contribution is 0.0727. The van der Waals surface area contributed by atoms with Crippen molar-refractivity contribution in [3.63, 3.8) is 0 Å². The van der Waals surface area contributed by atoms with Crippen LogP contribution in [0.4, 0.5) is 0 Å². The molecule has 2 heterocycles. The van der Waals surface area contributed by atoms with Crippen molar-refractivity contribution >= 4 is 30.1 Å². The summed E-state index contributed by atoms with van der Waals surface area (Å²) in [4.78, 5) is 16.4. The van der Waals surface area contributed by atoms with Gasteiger partial charge in [0.2, 0.25) is 0 Å². The Labute approximate surface area is 185 Å². The summed E-state index contributed by atoms with van der Waals surface area (Å²) in [6.07, 6.45) is 4.45. The molecule has 156 valence electrons. The number of benzene rings is 2. The Morgan fingerprint density at radius 1 is 1.10 bits per heavy atom. The van der Waals surface area contributed by atoms with E-state index in [1.807, 2.05) is 28.8 Å². The van der Waals surface area contributed by atoms with Gasteiger partial charge in [-0.3, -0.25) is 4.79 Å². The summed E-state index contributed by atoms with van der Waals surface area (Å²) in [6, 6.07) is 17.0. The van der Waals surface area contributed by atoms with Gasteiger partial charge in [-0.05, 0) is 81.4 Å². The van der Waals surface area contributed by atoms with Gasteiger partial charge in [0.05, 0.1) is 0 Å². The first kappa shape index (κ1) is 22.2. The van der Waals surface area contributed by atoms with Crippen LogP contribution in [-0.4, -0.2) is 42.2 Å². The fraction of sp³-hybridized carbons (Fsp3) is 0.458. The highest BCUT2D eigenvalue weighted by molar-refractivity contribution is 8.00. The number of likely N-dealkylation sites (tertiary alicyclic amines) is 1. The number of hydrogen-bond donors (Lipinski definition) is 1. The van der Waals surface area contributed by atoms with Crippen LogP contribution in [0.3, 0.4) is 0 Å². The molecule has 5 heteroatoms. The molecule has 1 unspecified atom stereocenters. The summed E-state index contributed by atoms with van der Waals surface area (Å²) in [5.74, 6) is 0.908. The first-order chi connectivity index (χ1) is 13.7. The summed E-state index contributed by atoms with van der Waals surface area (Å²) in [5.41, 5.74) is 3.46. The maximum absolute atomic E-state index is 13.0. The Hall–Kier alpha value is -1.49. The molecule has 29 heavy (non-hydrogen) atoms. The third-order valence-electron chi connectivity index (χ3n) is 5.88. The van der Waals surface area contributed by atoms with Crippen molar-refractivity contribution in [2.24, 2.45) is 5.92 Å². The molecule has 0 saturated carbocycles. The zero-order valence-corrected chi connectivity index (χ0v) is 18.7. The predicted octanol–water partition coefficient (Wildman–Crippen LogP) is 4.97. The molecule has 1 atom stereocenters. The van der Waals surface area contributed by atoms with Gasteiger partial charge in [-0.15, -0.1) is 24.2 Å². The van der Waals surface area contributed by atoms with Crippen molar-refractivity contribution in [1.82, 2.24) is 10.2 Å². The molecular formula is C24H31ClN2OS. The number of halogens is 1. The SMILES string of the molecule is Cc1cccc(SC2CCN(C(=O)c3cccc(CC4CCNC4)c3)CC2)c1.Cl. The molecule has 1 N–H and O–H groups in total. The Morgan fingerprint density at radius 2 is 1.90 bits per heavy atom. The number of piperidine rings is 1. The van der Waals surface area contributed by atoms with Gasteiger partial charge < -0.3 is 10.2 Å². The van der Waals surface area contributed by atoms with E-state index in [4.69, 9.17) is 0 Å². The van der Waals surface area contributed by atoms with Crippen LogP contribution in [0.25, 0.3) is 0 Å². The van der Waals surface area contributed by atoms with E-state index < -0.39 is 0 Å². The second kappa shape index (κ2) is 10.5. The van der Waals surface area contributed by atoms with Crippen LogP contribution >= 0.6 is 24.2 Å². The van der Waals surface area contributed by atoms with Gasteiger partial charge in [0.25, 0.3) is 5.91 Å². The zero-order chi connectivity index (χ0) is 19.3. The Balaban J connectivity index is 0.00000240. The van der Waals surface area contributed by atoms with Crippen molar-refractivity contribution < 1.29 is 4.79 Å². The van der Waals surface area contributed by atoms with E-state index in [1.165, 1.54) is 22.4 Å². The fourth-order valence-corrected chi connectivity index (χ4v) is 5.54. The van der Waals surface area contributed by atoms with Crippen molar-refractivity contribution in [2.45, 2.75) is 42.8 Å². The largest absolute Gasteiger partial charge is 0.339 e. The first-order valence-electron chi connectivity index (χ1n) is 10.5. The Morgan fingerprint density at radius 3 is 2.62 bits per heavy atom. The molecule has 0 aliphatic carbocycles. The monoisotopic (exact) mass is 430 g/mol. The molecule has 0 aromatic heterocycles. The lowest BCUT2D eigenvalue weighted by Crippen LogP contribution is -2.39. The Kier molecular flexibility index (Phi) is 8.05. The molecule has 2 saturated heterocycles. The minimum absolute atomic E-state index is 0. The van der Waals surface area contributed by atoms with Crippen LogP contribution in [0.2, 0.25) is 0 Å². The molecule has 2 aromatic rings. The van der Waals surface area contributed by atoms with Crippen LogP contribution in [0.15, 0.2) is 53.4 Å². The third-order valence-corrected chi connectivity index (χ3v) is 7.21. The van der Waals surface area contributed by atoms with Crippen molar-refractivity contribution in [3.8, 4) is 0 Å². The lowest BCUT2D eigenvalue weighted by atomic mass is 9.97. The number of hydrogen-bond acceptors (Lipinski definition) is 3. The van der Waals surface area contributed by atoms with Gasteiger partial charge in [-0.1, -0.05) is 29.8 Å². The summed E-state index contributed by atoms with van der Waals surface area (Å²) in [5, 5.41) is 4.03. The molecule has 2 fully saturated rings. The normalized spacial score (nSPS) is 19.8. The van der Waals surface area contributed by atoms with E-state index in [9.17, 15) is 4.79 Å². The molecule has 4 rings (SSSR count). The number of nitrogens with zero attached hydrogens (tertiary/aromatic N) is 1. The van der Waals surface area contributed by atoms with Crippen molar-refractivity contribution in [3.05, 3.63) is 65.2 Å². The predicted molar refractivity (Wildman–Crippen MR) is 124 cm³/mol. The molecular weight excluding hydrogens is 400 g/mol. The third kappa shape index (κ3) is 6.00. The quantitative estimate of drug-likeness (QED) is 0.727. The van der Waals surface area contributed by atoms with Crippen LogP contribution in [0.5, 0.6) is 0 Å². The number of rotatable bonds is 5. The van der Waals surface area contributed by atoms with Gasteiger partial charge >= 0.3 is 0 Å². The maximum Gasteiger partial charge on any atom is 0.253 e. The molecule has 2 aliphatic rings. The number of carbonyl (C=O) groups excluding carboxylic acids is 1. The fourth-order valence-electron chi connectivity index (χ4n) is 4.29. The van der Waals surface area contributed by atoms with Crippen molar-refractivity contribution in [1.29, 1.82) is 0 Å². The minimum atomic E-state index is 0.